The topological polar surface area (TPSA) is 52.6 Å². The number of hydrogen-bond donors (Lipinski definition) is 0. The van der Waals surface area contributed by atoms with Crippen LogP contribution >= 0.6 is 0 Å². The molecule has 0 amide bonds. The zero-order valence-electron chi connectivity index (χ0n) is 11.0. The number of carbonyl (C=O) groups excluding carboxylic acids is 2. The third kappa shape index (κ3) is 6.45. The van der Waals surface area contributed by atoms with Crippen molar-refractivity contribution < 1.29 is 18.9 Å². The number of rotatable bonds is 4. The molecule has 1 rings (SSSR count). The molecule has 100 valence electrons. The second-order valence-corrected chi connectivity index (χ2v) is 4.06. The first kappa shape index (κ1) is 15.0. The molecule has 0 spiro atoms. The van der Waals surface area contributed by atoms with E-state index in [0.717, 1.165) is 6.42 Å². The summed E-state index contributed by atoms with van der Waals surface area (Å²) in [7, 11) is -0.965. The molecule has 0 radical (unpaired) electrons. The third-order valence-electron chi connectivity index (χ3n) is 2.26. The van der Waals surface area contributed by atoms with Gasteiger partial charge in [0.25, 0.3) is 11.9 Å². The molecule has 0 aromatic rings. The van der Waals surface area contributed by atoms with Gasteiger partial charge in [-0.05, 0) is 12.4 Å². The molecular formula is C14H17BO4. The van der Waals surface area contributed by atoms with E-state index in [2.05, 4.69) is 6.58 Å². The second kappa shape index (κ2) is 8.13. The van der Waals surface area contributed by atoms with E-state index in [-0.39, 0.29) is 12.8 Å². The Hall–Kier alpha value is -2.04. The van der Waals surface area contributed by atoms with Gasteiger partial charge in [-0.25, -0.2) is 0 Å². The molecule has 0 saturated carbocycles. The van der Waals surface area contributed by atoms with E-state index in [9.17, 15) is 9.59 Å². The maximum Gasteiger partial charge on any atom is 0.628 e. The van der Waals surface area contributed by atoms with E-state index in [1.807, 2.05) is 25.2 Å². The van der Waals surface area contributed by atoms with Crippen LogP contribution in [0.2, 0.25) is 0 Å². The summed E-state index contributed by atoms with van der Waals surface area (Å²) < 4.78 is 9.96. The highest BCUT2D eigenvalue weighted by molar-refractivity contribution is 6.54. The molecule has 5 heteroatoms. The van der Waals surface area contributed by atoms with E-state index < -0.39 is 19.1 Å². The van der Waals surface area contributed by atoms with Crippen molar-refractivity contribution in [2.24, 2.45) is 0 Å². The maximum atomic E-state index is 11.4. The average molecular weight is 260 g/mol. The Morgan fingerprint density at radius 2 is 1.68 bits per heavy atom. The van der Waals surface area contributed by atoms with Crippen molar-refractivity contribution in [3.63, 3.8) is 0 Å². The van der Waals surface area contributed by atoms with Gasteiger partial charge in [0, 0.05) is 0 Å². The summed E-state index contributed by atoms with van der Waals surface area (Å²) in [6.07, 6.45) is 10.3. The van der Waals surface area contributed by atoms with Crippen molar-refractivity contribution in [1.29, 1.82) is 0 Å². The summed E-state index contributed by atoms with van der Waals surface area (Å²) in [5.74, 6) is 0.629. The number of hydrogen-bond acceptors (Lipinski definition) is 4. The van der Waals surface area contributed by atoms with E-state index >= 15 is 0 Å². The molecule has 1 fully saturated rings. The molecule has 0 atom stereocenters. The SMILES string of the molecule is C=C1CC(=O)OB(/C=C/C=C/C=C/CC)OC(=O)C1. The molecule has 4 nitrogen and oxygen atoms in total. The standard InChI is InChI=1S/C14H17BO4/c1-3-4-5-6-7-8-9-15-18-13(16)10-12(2)11-14(17)19-15/h4-9H,2-3,10-11H2,1H3/b5-4+,7-6+,9-8+. The summed E-state index contributed by atoms with van der Waals surface area (Å²) in [6, 6.07) is 0. The van der Waals surface area contributed by atoms with Crippen LogP contribution < -0.4 is 0 Å². The summed E-state index contributed by atoms with van der Waals surface area (Å²) >= 11 is 0. The Kier molecular flexibility index (Phi) is 6.43. The predicted octanol–water partition coefficient (Wildman–Crippen LogP) is 2.53. The van der Waals surface area contributed by atoms with Gasteiger partial charge in [-0.1, -0.05) is 49.5 Å². The first-order valence-corrected chi connectivity index (χ1v) is 6.17. The van der Waals surface area contributed by atoms with Crippen molar-refractivity contribution in [2.75, 3.05) is 0 Å². The monoisotopic (exact) mass is 260 g/mol. The van der Waals surface area contributed by atoms with E-state index in [4.69, 9.17) is 9.31 Å². The lowest BCUT2D eigenvalue weighted by Gasteiger charge is -2.15. The maximum absolute atomic E-state index is 11.4. The summed E-state index contributed by atoms with van der Waals surface area (Å²) in [4.78, 5) is 22.8. The van der Waals surface area contributed by atoms with Crippen LogP contribution in [0.4, 0.5) is 0 Å². The smallest absolute Gasteiger partial charge is 0.495 e. The highest BCUT2D eigenvalue weighted by atomic mass is 16.6. The van der Waals surface area contributed by atoms with Crippen LogP contribution in [0.1, 0.15) is 26.2 Å². The molecule has 19 heavy (non-hydrogen) atoms. The van der Waals surface area contributed by atoms with Crippen molar-refractivity contribution >= 4 is 19.1 Å². The predicted molar refractivity (Wildman–Crippen MR) is 74.0 cm³/mol. The average Bonchev–Trinajstić information content (AvgIpc) is 2.31. The lowest BCUT2D eigenvalue weighted by Crippen LogP contribution is -2.30. The Morgan fingerprint density at radius 1 is 1.11 bits per heavy atom. The molecule has 0 aliphatic carbocycles. The van der Waals surface area contributed by atoms with Gasteiger partial charge in [-0.3, -0.25) is 9.59 Å². The normalized spacial score (nSPS) is 17.9. The quantitative estimate of drug-likeness (QED) is 0.442. The molecule has 1 saturated heterocycles. The van der Waals surface area contributed by atoms with Crippen molar-refractivity contribution in [3.05, 3.63) is 48.5 Å². The van der Waals surface area contributed by atoms with Gasteiger partial charge >= 0.3 is 7.12 Å². The molecule has 0 aromatic heterocycles. The van der Waals surface area contributed by atoms with Crippen LogP contribution in [0, 0.1) is 0 Å². The summed E-state index contributed by atoms with van der Waals surface area (Å²) in [5.41, 5.74) is 0.502. The van der Waals surface area contributed by atoms with E-state index in [1.165, 1.54) is 5.98 Å². The Balaban J connectivity index is 2.55. The van der Waals surface area contributed by atoms with Gasteiger partial charge < -0.3 is 9.31 Å². The fourth-order valence-electron chi connectivity index (χ4n) is 1.41. The van der Waals surface area contributed by atoms with E-state index in [0.29, 0.717) is 5.57 Å². The molecule has 0 aromatic carbocycles. The zero-order valence-corrected chi connectivity index (χ0v) is 11.0. The Labute approximate surface area is 113 Å². The van der Waals surface area contributed by atoms with Crippen LogP contribution in [0.15, 0.2) is 48.5 Å². The molecular weight excluding hydrogens is 243 g/mol. The van der Waals surface area contributed by atoms with Crippen LogP contribution in [0.3, 0.4) is 0 Å². The van der Waals surface area contributed by atoms with Crippen molar-refractivity contribution in [1.82, 2.24) is 0 Å². The second-order valence-electron chi connectivity index (χ2n) is 4.06. The van der Waals surface area contributed by atoms with Gasteiger partial charge in [0.05, 0.1) is 12.8 Å². The fourth-order valence-corrected chi connectivity index (χ4v) is 1.41. The highest BCUT2D eigenvalue weighted by Gasteiger charge is 2.28. The fraction of sp³-hybridized carbons (Fsp3) is 0.286. The van der Waals surface area contributed by atoms with Crippen LogP contribution in [0.25, 0.3) is 0 Å². The van der Waals surface area contributed by atoms with Gasteiger partial charge in [-0.15, -0.1) is 0 Å². The minimum absolute atomic E-state index is 0.0501. The Bertz CT molecular complexity index is 413. The van der Waals surface area contributed by atoms with Crippen molar-refractivity contribution in [2.45, 2.75) is 26.2 Å². The lowest BCUT2D eigenvalue weighted by atomic mass is 9.88. The first-order chi connectivity index (χ1) is 9.11. The molecule has 1 aliphatic rings. The van der Waals surface area contributed by atoms with Crippen LogP contribution in [0.5, 0.6) is 0 Å². The van der Waals surface area contributed by atoms with Gasteiger partial charge in [0.15, 0.2) is 0 Å². The zero-order chi connectivity index (χ0) is 14.1. The minimum atomic E-state index is -0.965. The van der Waals surface area contributed by atoms with Crippen molar-refractivity contribution in [3.8, 4) is 0 Å². The third-order valence-corrected chi connectivity index (χ3v) is 2.26. The first-order valence-electron chi connectivity index (χ1n) is 6.17. The molecule has 0 N–H and O–H groups in total. The molecule has 0 unspecified atom stereocenters. The molecule has 0 bridgehead atoms. The minimum Gasteiger partial charge on any atom is -0.495 e. The molecule has 1 aliphatic heterocycles. The van der Waals surface area contributed by atoms with Crippen LogP contribution in [-0.4, -0.2) is 19.1 Å². The summed E-state index contributed by atoms with van der Waals surface area (Å²) in [5, 5.41) is 0. The molecule has 1 heterocycles. The number of carbonyl (C=O) groups is 2. The van der Waals surface area contributed by atoms with Crippen LogP contribution in [-0.2, 0) is 18.9 Å². The lowest BCUT2D eigenvalue weighted by molar-refractivity contribution is -0.140. The van der Waals surface area contributed by atoms with Gasteiger partial charge in [0.1, 0.15) is 0 Å². The van der Waals surface area contributed by atoms with Gasteiger partial charge in [0.2, 0.25) is 0 Å². The Morgan fingerprint density at radius 3 is 2.26 bits per heavy atom. The van der Waals surface area contributed by atoms with Gasteiger partial charge in [-0.2, -0.15) is 0 Å². The highest BCUT2D eigenvalue weighted by Crippen LogP contribution is 2.12. The largest absolute Gasteiger partial charge is 0.628 e. The van der Waals surface area contributed by atoms with E-state index in [1.54, 1.807) is 12.2 Å². The number of allylic oxidation sites excluding steroid dienone is 5. The summed E-state index contributed by atoms with van der Waals surface area (Å²) in [6.45, 7) is 5.65.